The molecule has 21 heavy (non-hydrogen) atoms. The number of rotatable bonds is 5. The lowest BCUT2D eigenvalue weighted by Gasteiger charge is -2.20. The molecule has 0 heterocycles. The lowest BCUT2D eigenvalue weighted by atomic mass is 9.95. The molecule has 0 aliphatic heterocycles. The Morgan fingerprint density at radius 1 is 1.24 bits per heavy atom. The van der Waals surface area contributed by atoms with E-state index in [4.69, 9.17) is 4.74 Å². The Hall–Kier alpha value is -1.39. The predicted octanol–water partition coefficient (Wildman–Crippen LogP) is 4.41. The summed E-state index contributed by atoms with van der Waals surface area (Å²) in [7, 11) is 3.54. The maximum absolute atomic E-state index is 13.5. The van der Waals surface area contributed by atoms with Gasteiger partial charge in [-0.25, -0.2) is 4.39 Å². The first kappa shape index (κ1) is 16.0. The highest BCUT2D eigenvalue weighted by atomic mass is 79.9. The van der Waals surface area contributed by atoms with Crippen LogP contribution in [0.5, 0.6) is 5.75 Å². The van der Waals surface area contributed by atoms with Gasteiger partial charge in [0.2, 0.25) is 0 Å². The zero-order valence-electron chi connectivity index (χ0n) is 12.4. The SMILES string of the molecule is CNC(Cc1cc(OC)ccc1Br)c1cc(F)ccc1C. The molecule has 0 aliphatic carbocycles. The highest BCUT2D eigenvalue weighted by molar-refractivity contribution is 9.10. The first-order valence-electron chi connectivity index (χ1n) is 6.81. The maximum atomic E-state index is 13.5. The summed E-state index contributed by atoms with van der Waals surface area (Å²) in [6, 6.07) is 10.8. The van der Waals surface area contributed by atoms with Crippen LogP contribution in [0.25, 0.3) is 0 Å². The number of benzene rings is 2. The fourth-order valence-corrected chi connectivity index (χ4v) is 2.82. The topological polar surface area (TPSA) is 21.3 Å². The molecule has 1 N–H and O–H groups in total. The van der Waals surface area contributed by atoms with Gasteiger partial charge in [-0.05, 0) is 67.4 Å². The van der Waals surface area contributed by atoms with Crippen LogP contribution in [-0.2, 0) is 6.42 Å². The number of likely N-dealkylation sites (N-methyl/N-ethyl adjacent to an activating group) is 1. The Bertz CT molecular complexity index is 630. The van der Waals surface area contributed by atoms with Crippen molar-refractivity contribution < 1.29 is 9.13 Å². The van der Waals surface area contributed by atoms with E-state index in [2.05, 4.69) is 21.2 Å². The number of aryl methyl sites for hydroxylation is 1. The lowest BCUT2D eigenvalue weighted by Crippen LogP contribution is -2.20. The maximum Gasteiger partial charge on any atom is 0.123 e. The summed E-state index contributed by atoms with van der Waals surface area (Å²) in [6.07, 6.45) is 0.749. The van der Waals surface area contributed by atoms with Crippen molar-refractivity contribution >= 4 is 15.9 Å². The highest BCUT2D eigenvalue weighted by Gasteiger charge is 2.15. The minimum absolute atomic E-state index is 0.0455. The molecular formula is C17H19BrFNO. The molecule has 112 valence electrons. The molecule has 2 aromatic rings. The zero-order chi connectivity index (χ0) is 15.4. The van der Waals surface area contributed by atoms with E-state index in [-0.39, 0.29) is 11.9 Å². The molecule has 2 rings (SSSR count). The third kappa shape index (κ3) is 3.83. The Morgan fingerprint density at radius 3 is 2.67 bits per heavy atom. The van der Waals surface area contributed by atoms with E-state index in [0.29, 0.717) is 0 Å². The molecule has 0 bridgehead atoms. The van der Waals surface area contributed by atoms with Crippen molar-refractivity contribution in [3.05, 3.63) is 63.4 Å². The third-order valence-electron chi connectivity index (χ3n) is 3.64. The number of ether oxygens (including phenoxy) is 1. The van der Waals surface area contributed by atoms with Crippen LogP contribution in [0.4, 0.5) is 4.39 Å². The smallest absolute Gasteiger partial charge is 0.123 e. The number of nitrogens with one attached hydrogen (secondary N) is 1. The fraction of sp³-hybridized carbons (Fsp3) is 0.294. The van der Waals surface area contributed by atoms with Gasteiger partial charge in [-0.1, -0.05) is 22.0 Å². The molecule has 0 radical (unpaired) electrons. The highest BCUT2D eigenvalue weighted by Crippen LogP contribution is 2.28. The summed E-state index contributed by atoms with van der Waals surface area (Å²) < 4.78 is 19.8. The van der Waals surface area contributed by atoms with E-state index in [9.17, 15) is 4.39 Å². The van der Waals surface area contributed by atoms with Crippen LogP contribution in [0, 0.1) is 12.7 Å². The molecule has 0 spiro atoms. The Morgan fingerprint density at radius 2 is 2.00 bits per heavy atom. The molecule has 4 heteroatoms. The van der Waals surface area contributed by atoms with Crippen LogP contribution in [0.15, 0.2) is 40.9 Å². The van der Waals surface area contributed by atoms with Crippen LogP contribution in [-0.4, -0.2) is 14.2 Å². The minimum Gasteiger partial charge on any atom is -0.497 e. The van der Waals surface area contributed by atoms with Gasteiger partial charge in [0, 0.05) is 10.5 Å². The Balaban J connectivity index is 2.33. The summed E-state index contributed by atoms with van der Waals surface area (Å²) in [5, 5.41) is 3.27. The molecule has 2 nitrogen and oxygen atoms in total. The van der Waals surface area contributed by atoms with Gasteiger partial charge in [-0.2, -0.15) is 0 Å². The van der Waals surface area contributed by atoms with E-state index >= 15 is 0 Å². The van der Waals surface area contributed by atoms with Crippen molar-refractivity contribution in [3.8, 4) is 5.75 Å². The van der Waals surface area contributed by atoms with Gasteiger partial charge in [-0.3, -0.25) is 0 Å². The zero-order valence-corrected chi connectivity index (χ0v) is 14.0. The second-order valence-electron chi connectivity index (χ2n) is 5.00. The number of methoxy groups -OCH3 is 1. The van der Waals surface area contributed by atoms with Gasteiger partial charge in [0.25, 0.3) is 0 Å². The molecule has 0 aliphatic rings. The van der Waals surface area contributed by atoms with Gasteiger partial charge in [0.15, 0.2) is 0 Å². The first-order valence-corrected chi connectivity index (χ1v) is 7.60. The van der Waals surface area contributed by atoms with Gasteiger partial charge in [0.05, 0.1) is 7.11 Å². The first-order chi connectivity index (χ1) is 10.0. The molecule has 1 unspecified atom stereocenters. The fourth-order valence-electron chi connectivity index (χ4n) is 2.41. The van der Waals surface area contributed by atoms with Crippen LogP contribution >= 0.6 is 15.9 Å². The molecule has 0 amide bonds. The van der Waals surface area contributed by atoms with E-state index < -0.39 is 0 Å². The van der Waals surface area contributed by atoms with E-state index in [1.807, 2.05) is 38.2 Å². The average Bonchev–Trinajstić information content (AvgIpc) is 2.49. The van der Waals surface area contributed by atoms with Gasteiger partial charge in [-0.15, -0.1) is 0 Å². The summed E-state index contributed by atoms with van der Waals surface area (Å²) in [6.45, 7) is 2.00. The summed E-state index contributed by atoms with van der Waals surface area (Å²) >= 11 is 3.57. The molecular weight excluding hydrogens is 333 g/mol. The summed E-state index contributed by atoms with van der Waals surface area (Å²) in [5.41, 5.74) is 3.18. The summed E-state index contributed by atoms with van der Waals surface area (Å²) in [4.78, 5) is 0. The van der Waals surface area contributed by atoms with Crippen LogP contribution in [0.1, 0.15) is 22.7 Å². The van der Waals surface area contributed by atoms with Gasteiger partial charge < -0.3 is 10.1 Å². The molecule has 1 atom stereocenters. The van der Waals surface area contributed by atoms with Crippen molar-refractivity contribution in [2.75, 3.05) is 14.2 Å². The Kier molecular flexibility index (Phi) is 5.37. The Labute approximate surface area is 133 Å². The molecule has 0 saturated heterocycles. The second kappa shape index (κ2) is 7.05. The van der Waals surface area contributed by atoms with Crippen LogP contribution < -0.4 is 10.1 Å². The van der Waals surface area contributed by atoms with E-state index in [0.717, 1.165) is 33.3 Å². The van der Waals surface area contributed by atoms with Gasteiger partial charge in [0.1, 0.15) is 11.6 Å². The molecule has 0 aromatic heterocycles. The number of halogens is 2. The number of hydrogen-bond acceptors (Lipinski definition) is 2. The quantitative estimate of drug-likeness (QED) is 0.861. The third-order valence-corrected chi connectivity index (χ3v) is 4.42. The monoisotopic (exact) mass is 351 g/mol. The molecule has 0 fully saturated rings. The second-order valence-corrected chi connectivity index (χ2v) is 5.86. The molecule has 2 aromatic carbocycles. The summed E-state index contributed by atoms with van der Waals surface area (Å²) in [5.74, 6) is 0.611. The van der Waals surface area contributed by atoms with Crippen molar-refractivity contribution in [2.24, 2.45) is 0 Å². The van der Waals surface area contributed by atoms with Crippen molar-refractivity contribution in [3.63, 3.8) is 0 Å². The van der Waals surface area contributed by atoms with E-state index in [1.165, 1.54) is 6.07 Å². The molecule has 0 saturated carbocycles. The van der Waals surface area contributed by atoms with Crippen molar-refractivity contribution in [2.45, 2.75) is 19.4 Å². The van der Waals surface area contributed by atoms with Gasteiger partial charge >= 0.3 is 0 Å². The normalized spacial score (nSPS) is 12.2. The van der Waals surface area contributed by atoms with Crippen molar-refractivity contribution in [1.82, 2.24) is 5.32 Å². The predicted molar refractivity (Wildman–Crippen MR) is 87.3 cm³/mol. The van der Waals surface area contributed by atoms with E-state index in [1.54, 1.807) is 13.2 Å². The number of hydrogen-bond donors (Lipinski definition) is 1. The largest absolute Gasteiger partial charge is 0.497 e. The van der Waals surface area contributed by atoms with Crippen LogP contribution in [0.2, 0.25) is 0 Å². The lowest BCUT2D eigenvalue weighted by molar-refractivity contribution is 0.413. The average molecular weight is 352 g/mol. The van der Waals surface area contributed by atoms with Crippen molar-refractivity contribution in [1.29, 1.82) is 0 Å². The minimum atomic E-state index is -0.208. The van der Waals surface area contributed by atoms with Crippen LogP contribution in [0.3, 0.4) is 0 Å². The standard InChI is InChI=1S/C17H19BrFNO/c1-11-4-5-13(19)10-15(11)17(20-2)9-12-8-14(21-3)6-7-16(12)18/h4-8,10,17,20H,9H2,1-3H3.